The van der Waals surface area contributed by atoms with E-state index in [2.05, 4.69) is 0 Å². The van der Waals surface area contributed by atoms with Crippen molar-refractivity contribution in [1.82, 2.24) is 0 Å². The van der Waals surface area contributed by atoms with Crippen molar-refractivity contribution in [2.45, 2.75) is 59.0 Å². The lowest BCUT2D eigenvalue weighted by Crippen LogP contribution is -2.22. The van der Waals surface area contributed by atoms with Crippen LogP contribution in [0.2, 0.25) is 0 Å². The lowest BCUT2D eigenvalue weighted by Gasteiger charge is -2.16. The Balaban J connectivity index is 4.05. The molecular weight excluding hydrogens is 208 g/mol. The molecule has 94 valence electrons. The summed E-state index contributed by atoms with van der Waals surface area (Å²) in [6.07, 6.45) is 2.58. The van der Waals surface area contributed by atoms with E-state index in [-0.39, 0.29) is 24.5 Å². The molecular formula is C12H22O4. The summed E-state index contributed by atoms with van der Waals surface area (Å²) in [5, 5.41) is 0. The molecule has 0 aromatic heterocycles. The Bertz CT molecular complexity index is 193. The first-order valence-electron chi connectivity index (χ1n) is 5.99. The third kappa shape index (κ3) is 7.26. The number of esters is 2. The van der Waals surface area contributed by atoms with Gasteiger partial charge < -0.3 is 9.47 Å². The smallest absolute Gasteiger partial charge is 0.309 e. The third-order valence-corrected chi connectivity index (χ3v) is 2.06. The molecule has 1 atom stereocenters. The highest BCUT2D eigenvalue weighted by Gasteiger charge is 2.17. The Labute approximate surface area is 97.3 Å². The van der Waals surface area contributed by atoms with Crippen LogP contribution >= 0.6 is 0 Å². The highest BCUT2D eigenvalue weighted by atomic mass is 16.6. The van der Waals surface area contributed by atoms with Crippen molar-refractivity contribution in [1.29, 1.82) is 0 Å². The van der Waals surface area contributed by atoms with Crippen LogP contribution in [0, 0.1) is 0 Å². The van der Waals surface area contributed by atoms with E-state index >= 15 is 0 Å². The molecule has 0 aromatic carbocycles. The highest BCUT2D eigenvalue weighted by Crippen LogP contribution is 2.10. The van der Waals surface area contributed by atoms with Crippen LogP contribution in [-0.4, -0.2) is 24.6 Å². The standard InChI is InChI=1S/C12H22O4/c1-4-7-10(9-12(14)15-6-3)16-11(13)8-5-2/h10H,4-9H2,1-3H3. The van der Waals surface area contributed by atoms with Gasteiger partial charge in [0.15, 0.2) is 0 Å². The summed E-state index contributed by atoms with van der Waals surface area (Å²) in [5.41, 5.74) is 0. The van der Waals surface area contributed by atoms with E-state index in [1.165, 1.54) is 0 Å². The topological polar surface area (TPSA) is 52.6 Å². The first-order chi connectivity index (χ1) is 7.63. The summed E-state index contributed by atoms with van der Waals surface area (Å²) in [5.74, 6) is -0.532. The van der Waals surface area contributed by atoms with Crippen molar-refractivity contribution < 1.29 is 19.1 Å². The molecule has 0 heterocycles. The number of hydrogen-bond acceptors (Lipinski definition) is 4. The van der Waals surface area contributed by atoms with Crippen LogP contribution in [0.5, 0.6) is 0 Å². The first-order valence-corrected chi connectivity index (χ1v) is 5.99. The van der Waals surface area contributed by atoms with Gasteiger partial charge in [0, 0.05) is 6.42 Å². The second kappa shape index (κ2) is 9.19. The zero-order valence-corrected chi connectivity index (χ0v) is 10.5. The minimum absolute atomic E-state index is 0.164. The van der Waals surface area contributed by atoms with E-state index in [1.807, 2.05) is 13.8 Å². The fraction of sp³-hybridized carbons (Fsp3) is 0.833. The normalized spacial score (nSPS) is 11.9. The number of carbonyl (C=O) groups is 2. The van der Waals surface area contributed by atoms with E-state index in [4.69, 9.17) is 9.47 Å². The Morgan fingerprint density at radius 2 is 1.75 bits per heavy atom. The third-order valence-electron chi connectivity index (χ3n) is 2.06. The molecule has 0 aliphatic heterocycles. The van der Waals surface area contributed by atoms with Crippen LogP contribution in [0.1, 0.15) is 52.9 Å². The van der Waals surface area contributed by atoms with Gasteiger partial charge in [-0.3, -0.25) is 9.59 Å². The fourth-order valence-corrected chi connectivity index (χ4v) is 1.38. The van der Waals surface area contributed by atoms with Gasteiger partial charge in [-0.05, 0) is 19.8 Å². The summed E-state index contributed by atoms with van der Waals surface area (Å²) >= 11 is 0. The predicted octanol–water partition coefficient (Wildman–Crippen LogP) is 2.45. The SMILES string of the molecule is CCCC(=O)OC(CCC)CC(=O)OCC. The number of ether oxygens (including phenoxy) is 2. The van der Waals surface area contributed by atoms with Crippen molar-refractivity contribution in [3.8, 4) is 0 Å². The minimum atomic E-state index is -0.330. The Morgan fingerprint density at radius 3 is 2.25 bits per heavy atom. The molecule has 0 rings (SSSR count). The zero-order chi connectivity index (χ0) is 12.4. The van der Waals surface area contributed by atoms with Crippen LogP contribution in [0.25, 0.3) is 0 Å². The maximum atomic E-state index is 11.3. The summed E-state index contributed by atoms with van der Waals surface area (Å²) in [6, 6.07) is 0. The molecule has 0 radical (unpaired) electrons. The van der Waals surface area contributed by atoms with Gasteiger partial charge in [0.25, 0.3) is 0 Å². The van der Waals surface area contributed by atoms with Gasteiger partial charge >= 0.3 is 11.9 Å². The lowest BCUT2D eigenvalue weighted by molar-refractivity contribution is -0.155. The van der Waals surface area contributed by atoms with Gasteiger partial charge in [-0.2, -0.15) is 0 Å². The second-order valence-corrected chi connectivity index (χ2v) is 3.66. The van der Waals surface area contributed by atoms with Crippen LogP contribution in [0.4, 0.5) is 0 Å². The number of carbonyl (C=O) groups excluding carboxylic acids is 2. The highest BCUT2D eigenvalue weighted by molar-refractivity contribution is 5.72. The molecule has 0 bridgehead atoms. The molecule has 4 nitrogen and oxygen atoms in total. The molecule has 0 aliphatic carbocycles. The maximum Gasteiger partial charge on any atom is 0.309 e. The minimum Gasteiger partial charge on any atom is -0.466 e. The van der Waals surface area contributed by atoms with Gasteiger partial charge in [0.1, 0.15) is 6.10 Å². The van der Waals surface area contributed by atoms with Crippen LogP contribution < -0.4 is 0 Å². The van der Waals surface area contributed by atoms with E-state index in [0.29, 0.717) is 19.4 Å². The quantitative estimate of drug-likeness (QED) is 0.601. The average molecular weight is 230 g/mol. The molecule has 0 fully saturated rings. The van der Waals surface area contributed by atoms with Crippen molar-refractivity contribution in [3.63, 3.8) is 0 Å². The number of rotatable bonds is 8. The molecule has 4 heteroatoms. The Morgan fingerprint density at radius 1 is 1.06 bits per heavy atom. The van der Waals surface area contributed by atoms with E-state index < -0.39 is 0 Å². The van der Waals surface area contributed by atoms with E-state index in [0.717, 1.165) is 12.8 Å². The molecule has 0 aromatic rings. The van der Waals surface area contributed by atoms with E-state index in [1.54, 1.807) is 6.92 Å². The summed E-state index contributed by atoms with van der Waals surface area (Å²) in [6.45, 7) is 6.03. The molecule has 0 amide bonds. The average Bonchev–Trinajstić information content (AvgIpc) is 2.18. The van der Waals surface area contributed by atoms with Gasteiger partial charge in [-0.1, -0.05) is 20.3 Å². The molecule has 0 saturated carbocycles. The zero-order valence-electron chi connectivity index (χ0n) is 10.5. The van der Waals surface area contributed by atoms with Crippen LogP contribution in [-0.2, 0) is 19.1 Å². The summed E-state index contributed by atoms with van der Waals surface area (Å²) in [7, 11) is 0. The summed E-state index contributed by atoms with van der Waals surface area (Å²) < 4.78 is 10.0. The monoisotopic (exact) mass is 230 g/mol. The van der Waals surface area contributed by atoms with Gasteiger partial charge in [0.05, 0.1) is 13.0 Å². The first kappa shape index (κ1) is 14.9. The largest absolute Gasteiger partial charge is 0.466 e. The molecule has 1 unspecified atom stereocenters. The van der Waals surface area contributed by atoms with E-state index in [9.17, 15) is 9.59 Å². The van der Waals surface area contributed by atoms with Crippen LogP contribution in [0.15, 0.2) is 0 Å². The predicted molar refractivity (Wildman–Crippen MR) is 60.9 cm³/mol. The van der Waals surface area contributed by atoms with Gasteiger partial charge in [-0.15, -0.1) is 0 Å². The van der Waals surface area contributed by atoms with Crippen molar-refractivity contribution >= 4 is 11.9 Å². The Kier molecular flexibility index (Phi) is 8.58. The summed E-state index contributed by atoms with van der Waals surface area (Å²) in [4.78, 5) is 22.5. The van der Waals surface area contributed by atoms with Crippen molar-refractivity contribution in [3.05, 3.63) is 0 Å². The molecule has 0 N–H and O–H groups in total. The molecule has 0 aliphatic rings. The number of hydrogen-bond donors (Lipinski definition) is 0. The van der Waals surface area contributed by atoms with Gasteiger partial charge in [-0.25, -0.2) is 0 Å². The Hall–Kier alpha value is -1.06. The maximum absolute atomic E-state index is 11.3. The molecule has 0 saturated heterocycles. The van der Waals surface area contributed by atoms with Crippen molar-refractivity contribution in [2.24, 2.45) is 0 Å². The second-order valence-electron chi connectivity index (χ2n) is 3.66. The lowest BCUT2D eigenvalue weighted by atomic mass is 10.1. The van der Waals surface area contributed by atoms with Crippen molar-refractivity contribution in [2.75, 3.05) is 6.61 Å². The molecule has 16 heavy (non-hydrogen) atoms. The molecule has 0 spiro atoms. The van der Waals surface area contributed by atoms with Gasteiger partial charge in [0.2, 0.25) is 0 Å². The van der Waals surface area contributed by atoms with Crippen LogP contribution in [0.3, 0.4) is 0 Å². The fourth-order valence-electron chi connectivity index (χ4n) is 1.38.